The summed E-state index contributed by atoms with van der Waals surface area (Å²) >= 11 is 0. The van der Waals surface area contributed by atoms with Gasteiger partial charge in [-0.25, -0.2) is 0 Å². The highest BCUT2D eigenvalue weighted by Gasteiger charge is 2.16. The second kappa shape index (κ2) is 19.4. The highest BCUT2D eigenvalue weighted by Crippen LogP contribution is 2.28. The van der Waals surface area contributed by atoms with Gasteiger partial charge in [-0.3, -0.25) is 4.90 Å². The molecule has 192 valence electrons. The van der Waals surface area contributed by atoms with E-state index in [0.29, 0.717) is 6.10 Å². The third kappa shape index (κ3) is 13.5. The first-order valence-corrected chi connectivity index (χ1v) is 14.0. The van der Waals surface area contributed by atoms with Crippen LogP contribution in [-0.2, 0) is 9.47 Å². The normalized spacial score (nSPS) is 23.0. The Kier molecular flexibility index (Phi) is 17.7. The van der Waals surface area contributed by atoms with Gasteiger partial charge in [-0.2, -0.15) is 0 Å². The van der Waals surface area contributed by atoms with Crippen molar-refractivity contribution in [1.82, 2.24) is 4.90 Å². The summed E-state index contributed by atoms with van der Waals surface area (Å²) in [5.41, 5.74) is 3.09. The average Bonchev–Trinajstić information content (AvgIpc) is 2.87. The second-order valence-electron chi connectivity index (χ2n) is 9.75. The minimum atomic E-state index is 0.396. The monoisotopic (exact) mass is 461 g/mol. The van der Waals surface area contributed by atoms with E-state index in [-0.39, 0.29) is 0 Å². The summed E-state index contributed by atoms with van der Waals surface area (Å²) < 4.78 is 11.2. The molecule has 0 N–H and O–H groups in total. The first kappa shape index (κ1) is 30.1. The Morgan fingerprint density at radius 2 is 1.82 bits per heavy atom. The standard InChI is InChI=1S/C15H25NO.C13H24O.C2H6/c1-13-5-3-6-15(14(13)2)7-4-8-16-9-11-17-12-10-16;1-3-4-8-12(2)14-11-13-9-6-5-7-10-13;1-2/h3,5,15H,4,6-12H2,1-2H3;3-4,12-13H,5-11H2,1-2H3;1-2H3/b;4-3-;. The molecule has 1 aliphatic heterocycles. The van der Waals surface area contributed by atoms with Gasteiger partial charge in [-0.15, -0.1) is 0 Å². The van der Waals surface area contributed by atoms with Crippen LogP contribution in [0.1, 0.15) is 99.3 Å². The van der Waals surface area contributed by atoms with Crippen LogP contribution in [0.15, 0.2) is 35.5 Å². The van der Waals surface area contributed by atoms with E-state index in [9.17, 15) is 0 Å². The Labute approximate surface area is 206 Å². The summed E-state index contributed by atoms with van der Waals surface area (Å²) in [5, 5.41) is 0. The SMILES string of the molecule is C/C=C\CC(C)OCC1CCCCC1.CC.CC1=C(C)C(CCCN2CCOCC2)CC=C1. The maximum absolute atomic E-state index is 5.83. The van der Waals surface area contributed by atoms with E-state index < -0.39 is 0 Å². The lowest BCUT2D eigenvalue weighted by Crippen LogP contribution is -2.36. The maximum atomic E-state index is 5.83. The average molecular weight is 462 g/mol. The molecule has 0 aromatic heterocycles. The minimum absolute atomic E-state index is 0.396. The summed E-state index contributed by atoms with van der Waals surface area (Å²) in [4.78, 5) is 2.54. The van der Waals surface area contributed by atoms with Gasteiger partial charge in [0.15, 0.2) is 0 Å². The molecule has 0 spiro atoms. The van der Waals surface area contributed by atoms with Gasteiger partial charge < -0.3 is 9.47 Å². The Balaban J connectivity index is 0.000000313. The lowest BCUT2D eigenvalue weighted by Gasteiger charge is -2.28. The number of morpholine rings is 1. The van der Waals surface area contributed by atoms with E-state index in [1.54, 1.807) is 5.57 Å². The first-order valence-electron chi connectivity index (χ1n) is 14.0. The van der Waals surface area contributed by atoms with Crippen LogP contribution in [0.5, 0.6) is 0 Å². The molecule has 1 saturated carbocycles. The Bertz CT molecular complexity index is 554. The molecular weight excluding hydrogens is 406 g/mol. The third-order valence-electron chi connectivity index (χ3n) is 7.20. The van der Waals surface area contributed by atoms with E-state index in [2.05, 4.69) is 56.9 Å². The fourth-order valence-electron chi connectivity index (χ4n) is 4.81. The molecule has 3 heteroatoms. The number of hydrogen-bond acceptors (Lipinski definition) is 3. The maximum Gasteiger partial charge on any atom is 0.0594 e. The fraction of sp³-hybridized carbons (Fsp3) is 0.800. The van der Waals surface area contributed by atoms with Crippen LogP contribution in [-0.4, -0.2) is 50.5 Å². The molecule has 0 aromatic carbocycles. The zero-order chi connectivity index (χ0) is 24.3. The van der Waals surface area contributed by atoms with Gasteiger partial charge in [-0.1, -0.05) is 68.6 Å². The van der Waals surface area contributed by atoms with Gasteiger partial charge in [-0.05, 0) is 84.6 Å². The topological polar surface area (TPSA) is 21.7 Å². The van der Waals surface area contributed by atoms with E-state index >= 15 is 0 Å². The molecule has 0 radical (unpaired) electrons. The molecule has 2 fully saturated rings. The molecule has 0 bridgehead atoms. The van der Waals surface area contributed by atoms with Crippen molar-refractivity contribution in [2.24, 2.45) is 11.8 Å². The van der Waals surface area contributed by atoms with Crippen molar-refractivity contribution in [2.45, 2.75) is 105 Å². The van der Waals surface area contributed by atoms with Gasteiger partial charge in [0.05, 0.1) is 19.3 Å². The van der Waals surface area contributed by atoms with Crippen LogP contribution in [0.3, 0.4) is 0 Å². The van der Waals surface area contributed by atoms with Crippen molar-refractivity contribution in [3.05, 3.63) is 35.5 Å². The zero-order valence-electron chi connectivity index (χ0n) is 22.9. The quantitative estimate of drug-likeness (QED) is 0.325. The molecule has 2 atom stereocenters. The first-order chi connectivity index (χ1) is 16.1. The van der Waals surface area contributed by atoms with Crippen LogP contribution in [0, 0.1) is 11.8 Å². The smallest absolute Gasteiger partial charge is 0.0594 e. The van der Waals surface area contributed by atoms with Crippen molar-refractivity contribution in [2.75, 3.05) is 39.5 Å². The van der Waals surface area contributed by atoms with Crippen molar-refractivity contribution < 1.29 is 9.47 Å². The van der Waals surface area contributed by atoms with Crippen molar-refractivity contribution in [1.29, 1.82) is 0 Å². The molecular formula is C30H55NO2. The molecule has 1 saturated heterocycles. The number of nitrogens with zero attached hydrogens (tertiary/aromatic N) is 1. The number of ether oxygens (including phenoxy) is 2. The van der Waals surface area contributed by atoms with Crippen LogP contribution in [0.2, 0.25) is 0 Å². The Hall–Kier alpha value is -0.900. The van der Waals surface area contributed by atoms with Gasteiger partial charge in [0, 0.05) is 19.7 Å². The summed E-state index contributed by atoms with van der Waals surface area (Å²) in [6.45, 7) is 19.1. The third-order valence-corrected chi connectivity index (χ3v) is 7.20. The molecule has 3 rings (SSSR count). The highest BCUT2D eigenvalue weighted by molar-refractivity contribution is 5.28. The fourth-order valence-corrected chi connectivity index (χ4v) is 4.81. The summed E-state index contributed by atoms with van der Waals surface area (Å²) in [7, 11) is 0. The minimum Gasteiger partial charge on any atom is -0.379 e. The lowest BCUT2D eigenvalue weighted by atomic mass is 9.85. The Morgan fingerprint density at radius 3 is 2.48 bits per heavy atom. The van der Waals surface area contributed by atoms with E-state index in [4.69, 9.17) is 9.47 Å². The van der Waals surface area contributed by atoms with Crippen molar-refractivity contribution in [3.8, 4) is 0 Å². The zero-order valence-corrected chi connectivity index (χ0v) is 22.9. The molecule has 3 nitrogen and oxygen atoms in total. The van der Waals surface area contributed by atoms with E-state index in [0.717, 1.165) is 51.2 Å². The lowest BCUT2D eigenvalue weighted by molar-refractivity contribution is 0.0329. The highest BCUT2D eigenvalue weighted by atomic mass is 16.5. The van der Waals surface area contributed by atoms with Gasteiger partial charge in [0.1, 0.15) is 0 Å². The molecule has 0 aromatic rings. The number of rotatable bonds is 9. The molecule has 1 heterocycles. The largest absolute Gasteiger partial charge is 0.379 e. The molecule has 33 heavy (non-hydrogen) atoms. The number of allylic oxidation sites excluding steroid dienone is 5. The predicted octanol–water partition coefficient (Wildman–Crippen LogP) is 7.98. The van der Waals surface area contributed by atoms with Gasteiger partial charge in [0.25, 0.3) is 0 Å². The molecule has 0 amide bonds. The van der Waals surface area contributed by atoms with E-state index in [1.165, 1.54) is 63.5 Å². The summed E-state index contributed by atoms with van der Waals surface area (Å²) in [5.74, 6) is 1.64. The van der Waals surface area contributed by atoms with Crippen LogP contribution in [0.25, 0.3) is 0 Å². The second-order valence-corrected chi connectivity index (χ2v) is 9.75. The van der Waals surface area contributed by atoms with Crippen LogP contribution < -0.4 is 0 Å². The van der Waals surface area contributed by atoms with Gasteiger partial charge in [0.2, 0.25) is 0 Å². The molecule has 2 aliphatic carbocycles. The van der Waals surface area contributed by atoms with Gasteiger partial charge >= 0.3 is 0 Å². The number of hydrogen-bond donors (Lipinski definition) is 0. The van der Waals surface area contributed by atoms with E-state index in [1.807, 2.05) is 13.8 Å². The van der Waals surface area contributed by atoms with Crippen LogP contribution >= 0.6 is 0 Å². The summed E-state index contributed by atoms with van der Waals surface area (Å²) in [6, 6.07) is 0. The molecule has 3 aliphatic rings. The predicted molar refractivity (Wildman–Crippen MR) is 145 cm³/mol. The van der Waals surface area contributed by atoms with Crippen molar-refractivity contribution in [3.63, 3.8) is 0 Å². The van der Waals surface area contributed by atoms with Crippen molar-refractivity contribution >= 4 is 0 Å². The van der Waals surface area contributed by atoms with Crippen LogP contribution in [0.4, 0.5) is 0 Å². The summed E-state index contributed by atoms with van der Waals surface area (Å²) in [6.07, 6.45) is 21.3. The molecule has 2 unspecified atom stereocenters. The Morgan fingerprint density at radius 1 is 1.12 bits per heavy atom.